The molecule has 3 N–H and O–H groups in total. The number of halogens is 1. The Labute approximate surface area is 254 Å². The van der Waals surface area contributed by atoms with Crippen LogP contribution in [-0.2, 0) is 11.3 Å². The first-order chi connectivity index (χ1) is 19.7. The molecule has 1 saturated heterocycles. The first-order valence-electron chi connectivity index (χ1n) is 14.4. The smallest absolute Gasteiger partial charge is 0.252 e. The number of aliphatic hydroxyl groups excluding tert-OH is 2. The molecule has 0 spiro atoms. The molecule has 0 radical (unpaired) electrons. The van der Waals surface area contributed by atoms with Crippen LogP contribution in [0.15, 0.2) is 95.0 Å². The summed E-state index contributed by atoms with van der Waals surface area (Å²) in [5, 5.41) is 24.5. The molecular formula is C33H46BrN3O4. The molecule has 1 aromatic rings. The van der Waals surface area contributed by atoms with Crippen molar-refractivity contribution < 1.29 is 19.7 Å². The zero-order valence-corrected chi connectivity index (χ0v) is 26.4. The monoisotopic (exact) mass is 627 g/mol. The fourth-order valence-electron chi connectivity index (χ4n) is 4.45. The fraction of sp³-hybridized carbons (Fsp3) is 0.424. The second-order valence-corrected chi connectivity index (χ2v) is 10.6. The van der Waals surface area contributed by atoms with E-state index < -0.39 is 18.1 Å². The lowest BCUT2D eigenvalue weighted by atomic mass is 10.1. The molecule has 2 atom stereocenters. The standard InChI is InChI=1S/C33H46BrN3O4/c1-6-10-13-28(9-4)36-20-22-37(23-21-36)30(12-8-3)31(38)32(39)33(40)35-24-26-15-18-29(19-16-26)41-25(5)14-17-27(34)11-7-2/h6,10-19,31-32,38-39H,5,7-9,20-24H2,1-4H3,(H,35,40)/b10-6-,17-14-,27-11+,28-13+,30-12-. The van der Waals surface area contributed by atoms with E-state index in [1.807, 2.05) is 50.3 Å². The Kier molecular flexibility index (Phi) is 15.3. The lowest BCUT2D eigenvalue weighted by Gasteiger charge is -2.41. The van der Waals surface area contributed by atoms with Crippen molar-refractivity contribution in [1.82, 2.24) is 15.1 Å². The first kappa shape index (κ1) is 34.1. The summed E-state index contributed by atoms with van der Waals surface area (Å²) in [4.78, 5) is 17.2. The molecule has 1 amide bonds. The average Bonchev–Trinajstić information content (AvgIpc) is 2.98. The van der Waals surface area contributed by atoms with Crippen molar-refractivity contribution in [3.05, 3.63) is 101 Å². The molecule has 7 nitrogen and oxygen atoms in total. The molecule has 8 heteroatoms. The summed E-state index contributed by atoms with van der Waals surface area (Å²) in [6.07, 6.45) is 13.5. The van der Waals surface area contributed by atoms with Crippen molar-refractivity contribution in [3.8, 4) is 5.75 Å². The Morgan fingerprint density at radius 2 is 1.66 bits per heavy atom. The van der Waals surface area contributed by atoms with Gasteiger partial charge in [0.25, 0.3) is 5.91 Å². The van der Waals surface area contributed by atoms with Gasteiger partial charge in [0.2, 0.25) is 0 Å². The Morgan fingerprint density at radius 3 is 2.24 bits per heavy atom. The number of allylic oxidation sites excluding steroid dienone is 9. The number of rotatable bonds is 15. The van der Waals surface area contributed by atoms with Gasteiger partial charge in [-0.3, -0.25) is 4.79 Å². The molecule has 1 aromatic carbocycles. The highest BCUT2D eigenvalue weighted by Gasteiger charge is 2.31. The van der Waals surface area contributed by atoms with E-state index in [-0.39, 0.29) is 6.54 Å². The molecule has 1 fully saturated rings. The van der Waals surface area contributed by atoms with E-state index in [1.54, 1.807) is 18.2 Å². The van der Waals surface area contributed by atoms with Crippen LogP contribution >= 0.6 is 15.9 Å². The molecule has 1 aliphatic rings. The minimum atomic E-state index is -1.58. The van der Waals surface area contributed by atoms with Crippen molar-refractivity contribution in [2.45, 2.75) is 65.7 Å². The number of amides is 1. The van der Waals surface area contributed by atoms with Crippen LogP contribution in [0.2, 0.25) is 0 Å². The van der Waals surface area contributed by atoms with Crippen molar-refractivity contribution in [1.29, 1.82) is 0 Å². The SMILES string of the molecule is C=C(/C=C\C(Br)=C/CC)Oc1ccc(CNC(=O)C(O)C(O)/C(=C/CC)N2CCN(/C(=C/C=C\C)CC)CC2)cc1. The molecule has 224 valence electrons. The largest absolute Gasteiger partial charge is 0.458 e. The third-order valence-electron chi connectivity index (χ3n) is 6.64. The number of hydrogen-bond donors (Lipinski definition) is 3. The van der Waals surface area contributed by atoms with Crippen molar-refractivity contribution in [2.75, 3.05) is 26.2 Å². The van der Waals surface area contributed by atoms with Crippen LogP contribution in [0.3, 0.4) is 0 Å². The van der Waals surface area contributed by atoms with Gasteiger partial charge in [0.15, 0.2) is 6.10 Å². The van der Waals surface area contributed by atoms with E-state index in [4.69, 9.17) is 4.74 Å². The van der Waals surface area contributed by atoms with Crippen molar-refractivity contribution >= 4 is 21.8 Å². The number of hydrogen-bond acceptors (Lipinski definition) is 6. The van der Waals surface area contributed by atoms with Gasteiger partial charge in [-0.1, -0.05) is 79.7 Å². The summed E-state index contributed by atoms with van der Waals surface area (Å²) in [6, 6.07) is 7.25. The maximum Gasteiger partial charge on any atom is 0.252 e. The number of carbonyl (C=O) groups is 1. The summed E-state index contributed by atoms with van der Waals surface area (Å²) in [5.41, 5.74) is 2.71. The van der Waals surface area contributed by atoms with Crippen LogP contribution in [0.25, 0.3) is 0 Å². The zero-order chi connectivity index (χ0) is 30.2. The topological polar surface area (TPSA) is 85.3 Å². The molecule has 2 unspecified atom stereocenters. The van der Waals surface area contributed by atoms with Crippen molar-refractivity contribution in [3.63, 3.8) is 0 Å². The molecule has 1 heterocycles. The normalized spacial score (nSPS) is 16.8. The van der Waals surface area contributed by atoms with Gasteiger partial charge in [0.05, 0.1) is 0 Å². The molecule has 0 aliphatic carbocycles. The minimum absolute atomic E-state index is 0.211. The molecule has 0 saturated carbocycles. The van der Waals surface area contributed by atoms with Crippen LogP contribution in [0.1, 0.15) is 52.5 Å². The Morgan fingerprint density at radius 1 is 1.02 bits per heavy atom. The second-order valence-electron chi connectivity index (χ2n) is 9.70. The highest BCUT2D eigenvalue weighted by molar-refractivity contribution is 9.11. The van der Waals surface area contributed by atoms with Crippen molar-refractivity contribution in [2.24, 2.45) is 0 Å². The van der Waals surface area contributed by atoms with Gasteiger partial charge in [-0.2, -0.15) is 0 Å². The quantitative estimate of drug-likeness (QED) is 0.165. The summed E-state index contributed by atoms with van der Waals surface area (Å²) in [7, 11) is 0. The van der Waals surface area contributed by atoms with Gasteiger partial charge in [-0.25, -0.2) is 0 Å². The summed E-state index contributed by atoms with van der Waals surface area (Å²) in [6.45, 7) is 15.3. The highest BCUT2D eigenvalue weighted by atomic mass is 79.9. The summed E-state index contributed by atoms with van der Waals surface area (Å²) in [5.74, 6) is 0.502. The number of nitrogens with zero attached hydrogens (tertiary/aromatic N) is 2. The van der Waals surface area contributed by atoms with Crippen LogP contribution < -0.4 is 10.1 Å². The third-order valence-corrected chi connectivity index (χ3v) is 7.23. The van der Waals surface area contributed by atoms with Gasteiger partial charge >= 0.3 is 0 Å². The van der Waals surface area contributed by atoms with E-state index in [9.17, 15) is 15.0 Å². The zero-order valence-electron chi connectivity index (χ0n) is 24.9. The number of ether oxygens (including phenoxy) is 1. The van der Waals surface area contributed by atoms with Gasteiger partial charge < -0.3 is 30.1 Å². The van der Waals surface area contributed by atoms with Gasteiger partial charge in [-0.05, 0) is 62.1 Å². The predicted molar refractivity (Wildman–Crippen MR) is 171 cm³/mol. The van der Waals surface area contributed by atoms with E-state index in [0.29, 0.717) is 36.7 Å². The van der Waals surface area contributed by atoms with Gasteiger partial charge in [0.1, 0.15) is 17.6 Å². The van der Waals surface area contributed by atoms with Gasteiger partial charge in [0, 0.05) is 48.6 Å². The Hall–Kier alpha value is -3.07. The molecule has 0 aromatic heterocycles. The number of piperazine rings is 1. The van der Waals surface area contributed by atoms with Crippen LogP contribution in [0.4, 0.5) is 0 Å². The first-order valence-corrected chi connectivity index (χ1v) is 15.2. The van der Waals surface area contributed by atoms with Crippen LogP contribution in [-0.4, -0.2) is 64.3 Å². The molecule has 2 rings (SSSR count). The van der Waals surface area contributed by atoms with E-state index >= 15 is 0 Å². The average molecular weight is 629 g/mol. The number of aliphatic hydroxyl groups is 2. The van der Waals surface area contributed by atoms with E-state index in [0.717, 1.165) is 36.0 Å². The number of carbonyl (C=O) groups excluding carboxylic acids is 1. The number of benzene rings is 1. The summed E-state index contributed by atoms with van der Waals surface area (Å²) >= 11 is 3.46. The Bertz CT molecular complexity index is 1130. The van der Waals surface area contributed by atoms with E-state index in [1.165, 1.54) is 5.70 Å². The molecule has 41 heavy (non-hydrogen) atoms. The molecule has 0 bridgehead atoms. The maximum atomic E-state index is 12.8. The fourth-order valence-corrected chi connectivity index (χ4v) is 4.90. The minimum Gasteiger partial charge on any atom is -0.458 e. The number of nitrogens with one attached hydrogen (secondary N) is 1. The van der Waals surface area contributed by atoms with Crippen LogP contribution in [0.5, 0.6) is 5.75 Å². The maximum absolute atomic E-state index is 12.8. The highest BCUT2D eigenvalue weighted by Crippen LogP contribution is 2.21. The Balaban J connectivity index is 1.92. The third kappa shape index (κ3) is 11.4. The second kappa shape index (κ2) is 18.4. The van der Waals surface area contributed by atoms with Crippen LogP contribution in [0, 0.1) is 0 Å². The summed E-state index contributed by atoms with van der Waals surface area (Å²) < 4.78 is 6.69. The lowest BCUT2D eigenvalue weighted by Crippen LogP contribution is -2.50. The molecule has 1 aliphatic heterocycles. The lowest BCUT2D eigenvalue weighted by molar-refractivity contribution is -0.134. The molecular weight excluding hydrogens is 582 g/mol. The predicted octanol–water partition coefficient (Wildman–Crippen LogP) is 5.94. The van der Waals surface area contributed by atoms with Gasteiger partial charge in [-0.15, -0.1) is 0 Å². The van der Waals surface area contributed by atoms with E-state index in [2.05, 4.69) is 63.6 Å².